The molecule has 9 heteroatoms. The molecule has 1 aliphatic rings. The molecular weight excluding hydrogens is 351 g/mol. The molecule has 136 valence electrons. The monoisotopic (exact) mass is 370 g/mol. The Morgan fingerprint density at radius 3 is 2.80 bits per heavy atom. The van der Waals surface area contributed by atoms with Crippen LogP contribution in [0.25, 0.3) is 11.0 Å². The summed E-state index contributed by atoms with van der Waals surface area (Å²) in [6.07, 6.45) is 2.15. The fourth-order valence-electron chi connectivity index (χ4n) is 3.08. The average molecular weight is 371 g/mol. The Bertz CT molecular complexity index is 871. The standard InChI is InChI=1S/C16H19FN4O3.ClH/c1-3-20-8-11(16(23)24)13(22)10-6-12(17)15(19-14(10)20)21-5-4-9(7-21)18-2;/h6,8-9,18H,3-5,7H2,1-2H3,(H,23,24);1H. The van der Waals surface area contributed by atoms with Crippen LogP contribution in [0.15, 0.2) is 17.1 Å². The van der Waals surface area contributed by atoms with Crippen LogP contribution in [-0.4, -0.2) is 46.8 Å². The zero-order valence-corrected chi connectivity index (χ0v) is 14.8. The number of nitrogens with one attached hydrogen (secondary N) is 1. The van der Waals surface area contributed by atoms with Crippen LogP contribution in [0.1, 0.15) is 23.7 Å². The van der Waals surface area contributed by atoms with Gasteiger partial charge in [-0.2, -0.15) is 0 Å². The van der Waals surface area contributed by atoms with Crippen molar-refractivity contribution in [2.24, 2.45) is 0 Å². The molecule has 1 atom stereocenters. The quantitative estimate of drug-likeness (QED) is 0.847. The van der Waals surface area contributed by atoms with E-state index in [9.17, 15) is 14.0 Å². The van der Waals surface area contributed by atoms with Crippen molar-refractivity contribution < 1.29 is 14.3 Å². The molecule has 0 radical (unpaired) electrons. The van der Waals surface area contributed by atoms with Gasteiger partial charge in [0.1, 0.15) is 11.2 Å². The second kappa shape index (κ2) is 7.37. The Hall–Kier alpha value is -2.19. The number of carboxylic acid groups (broad SMARTS) is 1. The lowest BCUT2D eigenvalue weighted by Crippen LogP contribution is -2.30. The van der Waals surface area contributed by atoms with Gasteiger partial charge in [-0.1, -0.05) is 0 Å². The number of fused-ring (bicyclic) bond motifs is 1. The largest absolute Gasteiger partial charge is 0.477 e. The summed E-state index contributed by atoms with van der Waals surface area (Å²) in [6.45, 7) is 3.54. The molecule has 0 saturated carbocycles. The Labute approximate surface area is 149 Å². The highest BCUT2D eigenvalue weighted by Gasteiger charge is 2.26. The molecule has 3 rings (SSSR count). The predicted octanol–water partition coefficient (Wildman–Crippen LogP) is 1.47. The predicted molar refractivity (Wildman–Crippen MR) is 95.5 cm³/mol. The van der Waals surface area contributed by atoms with Crippen LogP contribution in [0.4, 0.5) is 10.2 Å². The second-order valence-electron chi connectivity index (χ2n) is 5.85. The summed E-state index contributed by atoms with van der Waals surface area (Å²) in [6, 6.07) is 1.37. The van der Waals surface area contributed by atoms with Crippen LogP contribution in [0.2, 0.25) is 0 Å². The van der Waals surface area contributed by atoms with Gasteiger partial charge in [-0.15, -0.1) is 12.4 Å². The van der Waals surface area contributed by atoms with Crippen molar-refractivity contribution in [2.45, 2.75) is 25.9 Å². The van der Waals surface area contributed by atoms with Crippen molar-refractivity contribution in [3.8, 4) is 0 Å². The van der Waals surface area contributed by atoms with Gasteiger partial charge < -0.3 is 19.9 Å². The van der Waals surface area contributed by atoms with Crippen molar-refractivity contribution in [3.63, 3.8) is 0 Å². The third-order valence-corrected chi connectivity index (χ3v) is 4.45. The Morgan fingerprint density at radius 2 is 2.24 bits per heavy atom. The summed E-state index contributed by atoms with van der Waals surface area (Å²) in [4.78, 5) is 29.7. The van der Waals surface area contributed by atoms with Gasteiger partial charge in [-0.3, -0.25) is 4.79 Å². The summed E-state index contributed by atoms with van der Waals surface area (Å²) in [7, 11) is 1.86. The molecule has 0 bridgehead atoms. The Kier molecular flexibility index (Phi) is 5.64. The van der Waals surface area contributed by atoms with Crippen molar-refractivity contribution in [1.29, 1.82) is 0 Å². The summed E-state index contributed by atoms with van der Waals surface area (Å²) in [5.41, 5.74) is -0.791. The summed E-state index contributed by atoms with van der Waals surface area (Å²) >= 11 is 0. The minimum absolute atomic E-state index is 0. The Balaban J connectivity index is 0.00000225. The highest BCUT2D eigenvalue weighted by atomic mass is 35.5. The maximum absolute atomic E-state index is 14.5. The van der Waals surface area contributed by atoms with E-state index in [2.05, 4.69) is 10.3 Å². The van der Waals surface area contributed by atoms with Crippen molar-refractivity contribution >= 4 is 35.2 Å². The molecule has 0 amide bonds. The third kappa shape index (κ3) is 3.32. The first-order valence-electron chi connectivity index (χ1n) is 7.85. The van der Waals surface area contributed by atoms with Gasteiger partial charge in [0.15, 0.2) is 11.6 Å². The van der Waals surface area contributed by atoms with Gasteiger partial charge in [-0.05, 0) is 26.5 Å². The highest BCUT2D eigenvalue weighted by molar-refractivity contribution is 5.92. The van der Waals surface area contributed by atoms with Crippen LogP contribution in [0.5, 0.6) is 0 Å². The van der Waals surface area contributed by atoms with Crippen LogP contribution >= 0.6 is 12.4 Å². The maximum atomic E-state index is 14.5. The number of hydrogen-bond acceptors (Lipinski definition) is 5. The first kappa shape index (κ1) is 19.1. The number of carboxylic acids is 1. The Morgan fingerprint density at radius 1 is 1.52 bits per heavy atom. The molecule has 0 aromatic carbocycles. The van der Waals surface area contributed by atoms with E-state index in [1.54, 1.807) is 4.57 Å². The topological polar surface area (TPSA) is 87.5 Å². The number of halogens is 2. The second-order valence-corrected chi connectivity index (χ2v) is 5.85. The molecule has 25 heavy (non-hydrogen) atoms. The summed E-state index contributed by atoms with van der Waals surface area (Å²) in [5, 5.41) is 12.3. The lowest BCUT2D eigenvalue weighted by molar-refractivity contribution is 0.0695. The van der Waals surface area contributed by atoms with Gasteiger partial charge in [0, 0.05) is 31.9 Å². The molecule has 3 heterocycles. The number of hydrogen-bond donors (Lipinski definition) is 2. The van der Waals surface area contributed by atoms with E-state index in [1.807, 2.05) is 18.9 Å². The number of aromatic nitrogens is 2. The summed E-state index contributed by atoms with van der Waals surface area (Å²) < 4.78 is 16.1. The lowest BCUT2D eigenvalue weighted by Gasteiger charge is -2.19. The number of carbonyl (C=O) groups is 1. The fourth-order valence-corrected chi connectivity index (χ4v) is 3.08. The van der Waals surface area contributed by atoms with E-state index >= 15 is 0 Å². The van der Waals surface area contributed by atoms with E-state index in [4.69, 9.17) is 5.11 Å². The SMILES string of the molecule is CCn1cc(C(=O)O)c(=O)c2cc(F)c(N3CCC(NC)C3)nc21.Cl. The number of aromatic carboxylic acids is 1. The third-order valence-electron chi connectivity index (χ3n) is 4.45. The van der Waals surface area contributed by atoms with Crippen molar-refractivity contribution in [3.05, 3.63) is 33.9 Å². The van der Waals surface area contributed by atoms with E-state index in [-0.39, 0.29) is 35.2 Å². The first-order chi connectivity index (χ1) is 11.5. The van der Waals surface area contributed by atoms with E-state index in [0.717, 1.165) is 12.5 Å². The molecule has 0 aliphatic carbocycles. The number of pyridine rings is 2. The van der Waals surface area contributed by atoms with Gasteiger partial charge in [0.2, 0.25) is 5.43 Å². The molecule has 0 spiro atoms. The molecule has 2 N–H and O–H groups in total. The number of anilines is 1. The van der Waals surface area contributed by atoms with Gasteiger partial charge in [0.25, 0.3) is 0 Å². The molecule has 1 unspecified atom stereocenters. The maximum Gasteiger partial charge on any atom is 0.341 e. The van der Waals surface area contributed by atoms with Crippen molar-refractivity contribution in [2.75, 3.05) is 25.0 Å². The molecule has 2 aromatic rings. The zero-order chi connectivity index (χ0) is 17.4. The molecular formula is C16H20ClFN4O3. The van der Waals surface area contributed by atoms with E-state index in [1.165, 1.54) is 6.20 Å². The number of rotatable bonds is 4. The van der Waals surface area contributed by atoms with Crippen molar-refractivity contribution in [1.82, 2.24) is 14.9 Å². The molecule has 1 saturated heterocycles. The van der Waals surface area contributed by atoms with Crippen LogP contribution in [0, 0.1) is 5.82 Å². The van der Waals surface area contributed by atoms with Crippen LogP contribution < -0.4 is 15.6 Å². The van der Waals surface area contributed by atoms with E-state index < -0.39 is 17.2 Å². The smallest absolute Gasteiger partial charge is 0.341 e. The highest BCUT2D eigenvalue weighted by Crippen LogP contribution is 2.24. The molecule has 1 fully saturated rings. The van der Waals surface area contributed by atoms with Crippen LogP contribution in [-0.2, 0) is 6.54 Å². The number of aryl methyl sites for hydroxylation is 1. The normalized spacial score (nSPS) is 16.9. The molecule has 1 aliphatic heterocycles. The van der Waals surface area contributed by atoms with Gasteiger partial charge >= 0.3 is 5.97 Å². The molecule has 7 nitrogen and oxygen atoms in total. The lowest BCUT2D eigenvalue weighted by atomic mass is 10.2. The summed E-state index contributed by atoms with van der Waals surface area (Å²) in [5.74, 6) is -1.74. The van der Waals surface area contributed by atoms with E-state index in [0.29, 0.717) is 25.3 Å². The van der Waals surface area contributed by atoms with Gasteiger partial charge in [0.05, 0.1) is 5.39 Å². The first-order valence-corrected chi connectivity index (χ1v) is 7.85. The number of nitrogens with zero attached hydrogens (tertiary/aromatic N) is 3. The minimum atomic E-state index is -1.33. The average Bonchev–Trinajstić information content (AvgIpc) is 3.03. The molecule has 2 aromatic heterocycles. The zero-order valence-electron chi connectivity index (χ0n) is 14.0. The fraction of sp³-hybridized carbons (Fsp3) is 0.438. The van der Waals surface area contributed by atoms with Crippen LogP contribution in [0.3, 0.4) is 0 Å². The number of likely N-dealkylation sites (N-methyl/N-ethyl adjacent to an activating group) is 1. The minimum Gasteiger partial charge on any atom is -0.477 e. The van der Waals surface area contributed by atoms with Gasteiger partial charge in [-0.25, -0.2) is 14.2 Å².